The molecule has 14 heteroatoms. The molecular formula is C25H25F3N6O4S. The van der Waals surface area contributed by atoms with E-state index in [0.717, 1.165) is 17.7 Å². The molecule has 0 radical (unpaired) electrons. The summed E-state index contributed by atoms with van der Waals surface area (Å²) in [5, 5.41) is 4.34. The van der Waals surface area contributed by atoms with E-state index in [1.165, 1.54) is 23.8 Å². The lowest BCUT2D eigenvalue weighted by atomic mass is 10.1. The first-order chi connectivity index (χ1) is 18.6. The molecule has 39 heavy (non-hydrogen) atoms. The highest BCUT2D eigenvalue weighted by atomic mass is 32.2. The van der Waals surface area contributed by atoms with Crippen LogP contribution in [0.2, 0.25) is 0 Å². The van der Waals surface area contributed by atoms with E-state index in [4.69, 9.17) is 9.47 Å². The zero-order chi connectivity index (χ0) is 27.8. The van der Waals surface area contributed by atoms with Crippen LogP contribution in [0.5, 0.6) is 11.5 Å². The summed E-state index contributed by atoms with van der Waals surface area (Å²) in [6, 6.07) is 9.25. The topological polar surface area (TPSA) is 102 Å². The Balaban J connectivity index is 1.49. The summed E-state index contributed by atoms with van der Waals surface area (Å²) in [5.74, 6) is 2.10. The third-order valence-corrected chi connectivity index (χ3v) is 8.42. The number of ether oxygens (including phenoxy) is 2. The summed E-state index contributed by atoms with van der Waals surface area (Å²) >= 11 is 0. The summed E-state index contributed by atoms with van der Waals surface area (Å²) in [5.41, 5.74) is 0.471. The van der Waals surface area contributed by atoms with Gasteiger partial charge in [-0.1, -0.05) is 12.1 Å². The minimum Gasteiger partial charge on any atom is -0.493 e. The number of hydrogen-bond donors (Lipinski definition) is 0. The number of halogens is 3. The maximum atomic E-state index is 13.3. The fourth-order valence-electron chi connectivity index (χ4n) is 4.61. The van der Waals surface area contributed by atoms with Gasteiger partial charge in [0.1, 0.15) is 12.1 Å². The molecule has 1 aliphatic rings. The van der Waals surface area contributed by atoms with Gasteiger partial charge in [0.05, 0.1) is 24.7 Å². The molecule has 0 N–H and O–H groups in total. The predicted octanol–water partition coefficient (Wildman–Crippen LogP) is 3.73. The lowest BCUT2D eigenvalue weighted by Gasteiger charge is -2.26. The average molecular weight is 563 g/mol. The summed E-state index contributed by atoms with van der Waals surface area (Å²) in [6.07, 6.45) is -1.16. The highest BCUT2D eigenvalue weighted by Gasteiger charge is 2.34. The molecule has 10 nitrogen and oxygen atoms in total. The van der Waals surface area contributed by atoms with Crippen molar-refractivity contribution in [2.24, 2.45) is 0 Å². The molecule has 0 aliphatic carbocycles. The second-order valence-corrected chi connectivity index (χ2v) is 10.7. The van der Waals surface area contributed by atoms with Crippen molar-refractivity contribution in [3.63, 3.8) is 0 Å². The Labute approximate surface area is 222 Å². The number of hydrogen-bond acceptors (Lipinski definition) is 8. The summed E-state index contributed by atoms with van der Waals surface area (Å²) in [7, 11) is -1.07. The van der Waals surface area contributed by atoms with Crippen LogP contribution in [0.25, 0.3) is 16.9 Å². The number of methoxy groups -OCH3 is 2. The first-order valence-corrected chi connectivity index (χ1v) is 13.4. The van der Waals surface area contributed by atoms with Crippen molar-refractivity contribution in [2.75, 3.05) is 45.3 Å². The van der Waals surface area contributed by atoms with Crippen LogP contribution in [0.1, 0.15) is 12.0 Å². The lowest BCUT2D eigenvalue weighted by molar-refractivity contribution is -0.137. The molecule has 1 fully saturated rings. The van der Waals surface area contributed by atoms with E-state index in [9.17, 15) is 21.6 Å². The molecular weight excluding hydrogens is 537 g/mol. The molecule has 206 valence electrons. The van der Waals surface area contributed by atoms with Crippen molar-refractivity contribution in [3.8, 4) is 22.6 Å². The minimum absolute atomic E-state index is 0.0580. The first-order valence-electron chi connectivity index (χ1n) is 12.0. The van der Waals surface area contributed by atoms with Gasteiger partial charge >= 0.3 is 6.18 Å². The highest BCUT2D eigenvalue weighted by molar-refractivity contribution is 7.89. The summed E-state index contributed by atoms with van der Waals surface area (Å²) in [6.45, 7) is 0.931. The molecule has 4 aromatic rings. The van der Waals surface area contributed by atoms with Crippen molar-refractivity contribution in [3.05, 3.63) is 60.6 Å². The van der Waals surface area contributed by atoms with Crippen LogP contribution in [0.3, 0.4) is 0 Å². The summed E-state index contributed by atoms with van der Waals surface area (Å²) < 4.78 is 79.9. The van der Waals surface area contributed by atoms with Crippen molar-refractivity contribution in [2.45, 2.75) is 17.5 Å². The zero-order valence-electron chi connectivity index (χ0n) is 21.1. The largest absolute Gasteiger partial charge is 0.493 e. The van der Waals surface area contributed by atoms with E-state index in [1.807, 2.05) is 17.0 Å². The molecule has 0 spiro atoms. The number of sulfonamides is 1. The van der Waals surface area contributed by atoms with Crippen LogP contribution in [0.4, 0.5) is 19.0 Å². The number of rotatable bonds is 6. The first kappa shape index (κ1) is 26.7. The molecule has 0 saturated carbocycles. The van der Waals surface area contributed by atoms with Gasteiger partial charge in [0.25, 0.3) is 5.78 Å². The van der Waals surface area contributed by atoms with E-state index in [-0.39, 0.29) is 24.5 Å². The average Bonchev–Trinajstić information content (AvgIpc) is 3.27. The van der Waals surface area contributed by atoms with Crippen molar-refractivity contribution >= 4 is 21.6 Å². The Hall–Kier alpha value is -3.91. The summed E-state index contributed by atoms with van der Waals surface area (Å²) in [4.78, 5) is 10.2. The molecule has 5 rings (SSSR count). The Bertz CT molecular complexity index is 1610. The zero-order valence-corrected chi connectivity index (χ0v) is 21.9. The third-order valence-electron chi connectivity index (χ3n) is 6.53. The Morgan fingerprint density at radius 3 is 2.46 bits per heavy atom. The van der Waals surface area contributed by atoms with Gasteiger partial charge in [-0.05, 0) is 42.3 Å². The van der Waals surface area contributed by atoms with Crippen LogP contribution in [-0.4, -0.2) is 72.7 Å². The van der Waals surface area contributed by atoms with E-state index in [1.54, 1.807) is 23.9 Å². The molecule has 3 heterocycles. The number of benzene rings is 2. The number of nitrogens with zero attached hydrogens (tertiary/aromatic N) is 6. The number of fused-ring (bicyclic) bond motifs is 1. The molecule has 0 unspecified atom stereocenters. The van der Waals surface area contributed by atoms with Crippen molar-refractivity contribution < 1.29 is 31.1 Å². The van der Waals surface area contributed by atoms with Crippen LogP contribution in [-0.2, 0) is 16.2 Å². The van der Waals surface area contributed by atoms with Gasteiger partial charge in [-0.25, -0.2) is 13.4 Å². The fraction of sp³-hybridized carbons (Fsp3) is 0.320. The van der Waals surface area contributed by atoms with E-state index < -0.39 is 21.8 Å². The lowest BCUT2D eigenvalue weighted by Crippen LogP contribution is -2.36. The van der Waals surface area contributed by atoms with E-state index in [0.29, 0.717) is 47.7 Å². The fourth-order valence-corrected chi connectivity index (χ4v) is 6.12. The molecule has 2 aromatic carbocycles. The molecule has 2 aromatic heterocycles. The minimum atomic E-state index is -4.65. The van der Waals surface area contributed by atoms with E-state index >= 15 is 0 Å². The molecule has 1 saturated heterocycles. The normalized spacial score (nSPS) is 15.4. The van der Waals surface area contributed by atoms with Gasteiger partial charge in [-0.3, -0.25) is 0 Å². The van der Waals surface area contributed by atoms with E-state index in [2.05, 4.69) is 15.1 Å². The highest BCUT2D eigenvalue weighted by Crippen LogP contribution is 2.37. The SMILES string of the molecule is COc1ccc(-c2cnc3ncnn3c2N2CCCN(S(=O)(=O)c3cccc(C(F)(F)F)c3)CC2)cc1OC. The van der Waals surface area contributed by atoms with Gasteiger partial charge in [-0.15, -0.1) is 0 Å². The molecule has 0 amide bonds. The third kappa shape index (κ3) is 5.08. The van der Waals surface area contributed by atoms with Crippen LogP contribution < -0.4 is 14.4 Å². The smallest absolute Gasteiger partial charge is 0.416 e. The second kappa shape index (κ2) is 10.3. The number of aromatic nitrogens is 4. The number of anilines is 1. The molecule has 1 aliphatic heterocycles. The maximum Gasteiger partial charge on any atom is 0.416 e. The maximum absolute atomic E-state index is 13.3. The second-order valence-electron chi connectivity index (χ2n) is 8.81. The van der Waals surface area contributed by atoms with Gasteiger partial charge in [0.15, 0.2) is 11.5 Å². The predicted molar refractivity (Wildman–Crippen MR) is 136 cm³/mol. The van der Waals surface area contributed by atoms with Gasteiger partial charge in [0, 0.05) is 37.9 Å². The van der Waals surface area contributed by atoms with Crippen LogP contribution in [0, 0.1) is 0 Å². The van der Waals surface area contributed by atoms with Crippen molar-refractivity contribution in [1.29, 1.82) is 0 Å². The van der Waals surface area contributed by atoms with Crippen molar-refractivity contribution in [1.82, 2.24) is 23.9 Å². The van der Waals surface area contributed by atoms with Crippen LogP contribution >= 0.6 is 0 Å². The monoisotopic (exact) mass is 562 g/mol. The molecule has 0 bridgehead atoms. The standard InChI is InChI=1S/C25H25F3N6O4S/c1-37-21-8-7-17(13-22(21)38-2)20-15-29-24-30-16-31-34(24)23(20)32-9-4-10-33(12-11-32)39(35,36)19-6-3-5-18(14-19)25(26,27)28/h3,5-8,13-16H,4,9-12H2,1-2H3. The molecule has 0 atom stereocenters. The van der Waals surface area contributed by atoms with Crippen LogP contribution in [0.15, 0.2) is 59.9 Å². The number of alkyl halides is 3. The quantitative estimate of drug-likeness (QED) is 0.351. The van der Waals surface area contributed by atoms with Gasteiger partial charge < -0.3 is 14.4 Å². The Morgan fingerprint density at radius 1 is 0.923 bits per heavy atom. The Morgan fingerprint density at radius 2 is 1.72 bits per heavy atom. The van der Waals surface area contributed by atoms with Gasteiger partial charge in [0.2, 0.25) is 10.0 Å². The van der Waals surface area contributed by atoms with Gasteiger partial charge in [-0.2, -0.15) is 32.1 Å². The Kier molecular flexibility index (Phi) is 7.07.